The third kappa shape index (κ3) is 6.15. The van der Waals surface area contributed by atoms with Crippen LogP contribution in [0.2, 0.25) is 0 Å². The fourth-order valence-corrected chi connectivity index (χ4v) is 3.47. The molecule has 3 rings (SSSR count). The summed E-state index contributed by atoms with van der Waals surface area (Å²) in [7, 11) is 3.36. The fraction of sp³-hybridized carbons (Fsp3) is 0.364. The Morgan fingerprint density at radius 1 is 1.23 bits per heavy atom. The number of carbonyl (C=O) groups excluding carboxylic acids is 1. The molecule has 1 fully saturated rings. The first-order valence-electron chi connectivity index (χ1n) is 9.67. The van der Waals surface area contributed by atoms with E-state index in [1.54, 1.807) is 32.3 Å². The number of guanidine groups is 1. The number of hydrogen-bond donors (Lipinski definition) is 2. The molecule has 2 aromatic carbocycles. The average Bonchev–Trinajstić information content (AvgIpc) is 2.74. The first-order chi connectivity index (χ1) is 14.0. The minimum absolute atomic E-state index is 0. The van der Waals surface area contributed by atoms with E-state index in [4.69, 9.17) is 4.74 Å². The Morgan fingerprint density at radius 3 is 2.63 bits per heavy atom. The van der Waals surface area contributed by atoms with Crippen LogP contribution in [0.1, 0.15) is 34.5 Å². The highest BCUT2D eigenvalue weighted by Crippen LogP contribution is 2.25. The zero-order valence-electron chi connectivity index (χ0n) is 17.4. The Labute approximate surface area is 193 Å². The number of morpholine rings is 1. The van der Waals surface area contributed by atoms with Crippen LogP contribution >= 0.6 is 24.0 Å². The Bertz CT molecular complexity index is 876. The van der Waals surface area contributed by atoms with Gasteiger partial charge in [0.2, 0.25) is 0 Å². The summed E-state index contributed by atoms with van der Waals surface area (Å²) in [6.45, 7) is 3.89. The van der Waals surface area contributed by atoms with Crippen molar-refractivity contribution >= 4 is 35.8 Å². The van der Waals surface area contributed by atoms with Gasteiger partial charge in [-0.3, -0.25) is 9.79 Å². The lowest BCUT2D eigenvalue weighted by atomic mass is 10.1. The van der Waals surface area contributed by atoms with E-state index in [9.17, 15) is 9.18 Å². The van der Waals surface area contributed by atoms with Crippen molar-refractivity contribution in [1.29, 1.82) is 0 Å². The highest BCUT2D eigenvalue weighted by molar-refractivity contribution is 14.0. The third-order valence-corrected chi connectivity index (χ3v) is 4.88. The number of ether oxygens (including phenoxy) is 1. The highest BCUT2D eigenvalue weighted by atomic mass is 127. The van der Waals surface area contributed by atoms with E-state index < -0.39 is 0 Å². The summed E-state index contributed by atoms with van der Waals surface area (Å²) in [4.78, 5) is 18.4. The number of carbonyl (C=O) groups is 1. The number of benzene rings is 2. The molecule has 30 heavy (non-hydrogen) atoms. The van der Waals surface area contributed by atoms with Crippen molar-refractivity contribution in [3.63, 3.8) is 0 Å². The number of nitrogens with zero attached hydrogens (tertiary/aromatic N) is 2. The van der Waals surface area contributed by atoms with Gasteiger partial charge in [0, 0.05) is 32.7 Å². The van der Waals surface area contributed by atoms with Crippen molar-refractivity contribution < 1.29 is 13.9 Å². The lowest BCUT2D eigenvalue weighted by Crippen LogP contribution is -2.50. The van der Waals surface area contributed by atoms with Crippen LogP contribution in [-0.2, 0) is 11.3 Å². The van der Waals surface area contributed by atoms with Crippen LogP contribution in [0.5, 0.6) is 0 Å². The molecule has 2 atom stereocenters. The van der Waals surface area contributed by atoms with E-state index in [0.717, 1.165) is 17.1 Å². The smallest absolute Gasteiger partial charge is 0.251 e. The van der Waals surface area contributed by atoms with Gasteiger partial charge in [-0.25, -0.2) is 4.39 Å². The number of halogens is 2. The van der Waals surface area contributed by atoms with Crippen LogP contribution in [0.4, 0.5) is 4.39 Å². The molecule has 1 amide bonds. The van der Waals surface area contributed by atoms with Crippen molar-refractivity contribution in [2.75, 3.05) is 27.2 Å². The molecule has 2 aromatic rings. The molecule has 162 valence electrons. The molecular weight excluding hydrogens is 498 g/mol. The van der Waals surface area contributed by atoms with Crippen molar-refractivity contribution in [2.24, 2.45) is 4.99 Å². The molecule has 0 saturated carbocycles. The quantitative estimate of drug-likeness (QED) is 0.365. The number of rotatable bonds is 4. The Kier molecular flexibility index (Phi) is 9.04. The molecule has 1 aliphatic rings. The van der Waals surface area contributed by atoms with E-state index in [1.165, 1.54) is 12.1 Å². The summed E-state index contributed by atoms with van der Waals surface area (Å²) in [5.41, 5.74) is 2.55. The van der Waals surface area contributed by atoms with Gasteiger partial charge in [-0.05, 0) is 42.3 Å². The van der Waals surface area contributed by atoms with Gasteiger partial charge in [-0.2, -0.15) is 0 Å². The number of nitrogens with one attached hydrogen (secondary N) is 2. The maximum atomic E-state index is 13.2. The second kappa shape index (κ2) is 11.3. The summed E-state index contributed by atoms with van der Waals surface area (Å²) >= 11 is 0. The predicted octanol–water partition coefficient (Wildman–Crippen LogP) is 3.34. The second-order valence-electron chi connectivity index (χ2n) is 7.07. The van der Waals surface area contributed by atoms with Crippen molar-refractivity contribution in [3.05, 3.63) is 71.0 Å². The molecule has 2 unspecified atom stereocenters. The standard InChI is InChI=1S/C22H27FN4O2.HI/c1-15-13-27(14-20(29-15)17-7-9-19(23)10-8-17)22(25-3)26-12-16-5-4-6-18(11-16)21(28)24-2;/h4-11,15,20H,12-14H2,1-3H3,(H,24,28)(H,25,26);1H. The summed E-state index contributed by atoms with van der Waals surface area (Å²) in [6, 6.07) is 13.9. The van der Waals surface area contributed by atoms with Crippen molar-refractivity contribution in [1.82, 2.24) is 15.5 Å². The maximum Gasteiger partial charge on any atom is 0.251 e. The molecular formula is C22H28FIN4O2. The van der Waals surface area contributed by atoms with Gasteiger partial charge in [-0.1, -0.05) is 24.3 Å². The molecule has 1 saturated heterocycles. The Hall–Kier alpha value is -2.20. The molecule has 0 aromatic heterocycles. The number of amides is 1. The largest absolute Gasteiger partial charge is 0.367 e. The van der Waals surface area contributed by atoms with E-state index in [2.05, 4.69) is 20.5 Å². The second-order valence-corrected chi connectivity index (χ2v) is 7.07. The molecule has 6 nitrogen and oxygen atoms in total. The van der Waals surface area contributed by atoms with Crippen LogP contribution in [0.15, 0.2) is 53.5 Å². The predicted molar refractivity (Wildman–Crippen MR) is 127 cm³/mol. The van der Waals surface area contributed by atoms with Crippen molar-refractivity contribution in [2.45, 2.75) is 25.7 Å². The molecule has 1 aliphatic heterocycles. The van der Waals surface area contributed by atoms with Crippen LogP contribution in [0, 0.1) is 5.82 Å². The zero-order valence-corrected chi connectivity index (χ0v) is 19.7. The number of hydrogen-bond acceptors (Lipinski definition) is 3. The van der Waals surface area contributed by atoms with Gasteiger partial charge in [0.25, 0.3) is 5.91 Å². The first-order valence-corrected chi connectivity index (χ1v) is 9.67. The van der Waals surface area contributed by atoms with Gasteiger partial charge in [0.1, 0.15) is 11.9 Å². The van der Waals surface area contributed by atoms with Crippen LogP contribution < -0.4 is 10.6 Å². The monoisotopic (exact) mass is 526 g/mol. The van der Waals surface area contributed by atoms with Crippen LogP contribution in [0.3, 0.4) is 0 Å². The van der Waals surface area contributed by atoms with Crippen LogP contribution in [-0.4, -0.2) is 50.1 Å². The molecule has 0 aliphatic carbocycles. The lowest BCUT2D eigenvalue weighted by Gasteiger charge is -2.38. The minimum atomic E-state index is -0.258. The first kappa shape index (κ1) is 24.1. The molecule has 2 N–H and O–H groups in total. The summed E-state index contributed by atoms with van der Waals surface area (Å²) in [5, 5.41) is 6.01. The van der Waals surface area contributed by atoms with Gasteiger partial charge in [-0.15, -0.1) is 24.0 Å². The van der Waals surface area contributed by atoms with Crippen LogP contribution in [0.25, 0.3) is 0 Å². The molecule has 1 heterocycles. The maximum absolute atomic E-state index is 13.2. The summed E-state index contributed by atoms with van der Waals surface area (Å²) < 4.78 is 19.3. The van der Waals surface area contributed by atoms with Gasteiger partial charge < -0.3 is 20.3 Å². The minimum Gasteiger partial charge on any atom is -0.367 e. The number of aliphatic imine (C=N–C) groups is 1. The molecule has 0 bridgehead atoms. The van der Waals surface area contributed by atoms with E-state index in [0.29, 0.717) is 25.2 Å². The van der Waals surface area contributed by atoms with E-state index in [1.807, 2.05) is 25.1 Å². The summed E-state index contributed by atoms with van der Waals surface area (Å²) in [6.07, 6.45) is -0.150. The van der Waals surface area contributed by atoms with Gasteiger partial charge in [0.15, 0.2) is 5.96 Å². The molecule has 0 radical (unpaired) electrons. The van der Waals surface area contributed by atoms with Crippen molar-refractivity contribution in [3.8, 4) is 0 Å². The fourth-order valence-electron chi connectivity index (χ4n) is 3.47. The Morgan fingerprint density at radius 2 is 1.97 bits per heavy atom. The SMILES string of the molecule is CN=C(NCc1cccc(C(=O)NC)c1)N1CC(C)OC(c2ccc(F)cc2)C1.I. The normalized spacial score (nSPS) is 19.1. The molecule has 0 spiro atoms. The molecule has 8 heteroatoms. The Balaban J connectivity index is 0.00000320. The topological polar surface area (TPSA) is 66.0 Å². The zero-order chi connectivity index (χ0) is 20.8. The highest BCUT2D eigenvalue weighted by Gasteiger charge is 2.28. The third-order valence-electron chi connectivity index (χ3n) is 4.88. The average molecular weight is 526 g/mol. The van der Waals surface area contributed by atoms with Gasteiger partial charge >= 0.3 is 0 Å². The van der Waals surface area contributed by atoms with E-state index >= 15 is 0 Å². The van der Waals surface area contributed by atoms with Gasteiger partial charge in [0.05, 0.1) is 12.6 Å². The summed E-state index contributed by atoms with van der Waals surface area (Å²) in [5.74, 6) is 0.393. The van der Waals surface area contributed by atoms with E-state index in [-0.39, 0.29) is 47.9 Å². The lowest BCUT2D eigenvalue weighted by molar-refractivity contribution is -0.0605.